The van der Waals surface area contributed by atoms with Crippen molar-refractivity contribution in [3.8, 4) is 5.88 Å². The van der Waals surface area contributed by atoms with E-state index in [-0.39, 0.29) is 17.9 Å². The topological polar surface area (TPSA) is 76.9 Å². The monoisotopic (exact) mass is 334 g/mol. The van der Waals surface area contributed by atoms with Gasteiger partial charge in [0.1, 0.15) is 6.10 Å². The molecule has 0 spiro atoms. The normalized spacial score (nSPS) is 23.8. The van der Waals surface area contributed by atoms with Gasteiger partial charge in [-0.25, -0.2) is 4.68 Å². The molecule has 2 amide bonds. The van der Waals surface area contributed by atoms with Gasteiger partial charge < -0.3 is 19.3 Å². The third-order valence-electron chi connectivity index (χ3n) is 4.81. The van der Waals surface area contributed by atoms with Crippen molar-refractivity contribution in [1.29, 1.82) is 0 Å². The van der Waals surface area contributed by atoms with Crippen LogP contribution in [0.15, 0.2) is 6.07 Å². The quantitative estimate of drug-likeness (QED) is 0.768. The highest BCUT2D eigenvalue weighted by Crippen LogP contribution is 2.20. The molecular formula is C16H22N4O4. The summed E-state index contributed by atoms with van der Waals surface area (Å²) in [5, 5.41) is 4.34. The molecule has 2 saturated heterocycles. The van der Waals surface area contributed by atoms with Crippen molar-refractivity contribution in [1.82, 2.24) is 19.6 Å². The zero-order valence-electron chi connectivity index (χ0n) is 13.6. The van der Waals surface area contributed by atoms with Gasteiger partial charge in [0, 0.05) is 51.8 Å². The Hall–Kier alpha value is -2.09. The van der Waals surface area contributed by atoms with E-state index in [1.165, 1.54) is 0 Å². The first-order valence-electron chi connectivity index (χ1n) is 8.63. The molecule has 0 saturated carbocycles. The molecule has 130 valence electrons. The van der Waals surface area contributed by atoms with Crippen LogP contribution in [0.4, 0.5) is 0 Å². The third-order valence-corrected chi connectivity index (χ3v) is 4.81. The molecule has 1 aromatic heterocycles. The first kappa shape index (κ1) is 15.4. The second kappa shape index (κ2) is 6.43. The van der Waals surface area contributed by atoms with E-state index in [4.69, 9.17) is 9.47 Å². The van der Waals surface area contributed by atoms with Crippen LogP contribution in [0.25, 0.3) is 0 Å². The lowest BCUT2D eigenvalue weighted by atomic mass is 10.2. The first-order chi connectivity index (χ1) is 11.7. The van der Waals surface area contributed by atoms with E-state index in [0.717, 1.165) is 25.8 Å². The molecule has 1 atom stereocenters. The molecule has 3 aliphatic rings. The Morgan fingerprint density at radius 1 is 1.04 bits per heavy atom. The number of ether oxygens (including phenoxy) is 2. The summed E-state index contributed by atoms with van der Waals surface area (Å²) in [5.41, 5.74) is 0.422. The maximum Gasteiger partial charge on any atom is 0.274 e. The van der Waals surface area contributed by atoms with E-state index in [0.29, 0.717) is 51.0 Å². The van der Waals surface area contributed by atoms with E-state index >= 15 is 0 Å². The Kier molecular flexibility index (Phi) is 4.13. The average molecular weight is 334 g/mol. The van der Waals surface area contributed by atoms with Crippen molar-refractivity contribution in [3.63, 3.8) is 0 Å². The number of carbonyl (C=O) groups excluding carboxylic acids is 2. The van der Waals surface area contributed by atoms with Gasteiger partial charge in [-0.1, -0.05) is 0 Å². The van der Waals surface area contributed by atoms with Gasteiger partial charge in [0.05, 0.1) is 6.61 Å². The predicted molar refractivity (Wildman–Crippen MR) is 83.8 cm³/mol. The highest BCUT2D eigenvalue weighted by molar-refractivity contribution is 5.93. The van der Waals surface area contributed by atoms with Crippen LogP contribution in [-0.4, -0.2) is 76.9 Å². The molecule has 0 aromatic carbocycles. The van der Waals surface area contributed by atoms with E-state index in [9.17, 15) is 9.59 Å². The highest BCUT2D eigenvalue weighted by atomic mass is 16.5. The Balaban J connectivity index is 1.36. The van der Waals surface area contributed by atoms with Crippen LogP contribution in [0, 0.1) is 0 Å². The van der Waals surface area contributed by atoms with E-state index in [1.54, 1.807) is 20.5 Å². The molecule has 0 bridgehead atoms. The number of aromatic nitrogens is 2. The summed E-state index contributed by atoms with van der Waals surface area (Å²) in [5.74, 6) is 0.631. The number of piperazine rings is 1. The van der Waals surface area contributed by atoms with Crippen molar-refractivity contribution >= 4 is 11.8 Å². The smallest absolute Gasteiger partial charge is 0.274 e. The zero-order valence-corrected chi connectivity index (χ0v) is 13.6. The number of aryl methyl sites for hydroxylation is 1. The Morgan fingerprint density at radius 3 is 2.54 bits per heavy atom. The largest absolute Gasteiger partial charge is 0.478 e. The Bertz CT molecular complexity index is 607. The summed E-state index contributed by atoms with van der Waals surface area (Å²) in [4.78, 5) is 28.5. The van der Waals surface area contributed by atoms with Crippen LogP contribution in [0.2, 0.25) is 0 Å². The molecule has 1 aromatic rings. The minimum atomic E-state index is -0.288. The summed E-state index contributed by atoms with van der Waals surface area (Å²) in [6.45, 7) is 4.28. The molecule has 4 rings (SSSR count). The van der Waals surface area contributed by atoms with Gasteiger partial charge >= 0.3 is 0 Å². The van der Waals surface area contributed by atoms with Gasteiger partial charge in [-0.3, -0.25) is 9.59 Å². The fraction of sp³-hybridized carbons (Fsp3) is 0.688. The van der Waals surface area contributed by atoms with Gasteiger partial charge in [-0.15, -0.1) is 0 Å². The minimum absolute atomic E-state index is 0.0606. The Labute approximate surface area is 140 Å². The molecule has 8 heteroatoms. The zero-order chi connectivity index (χ0) is 16.5. The van der Waals surface area contributed by atoms with Crippen LogP contribution >= 0.6 is 0 Å². The highest BCUT2D eigenvalue weighted by Gasteiger charge is 2.32. The van der Waals surface area contributed by atoms with E-state index < -0.39 is 0 Å². The van der Waals surface area contributed by atoms with Crippen LogP contribution < -0.4 is 4.74 Å². The van der Waals surface area contributed by atoms with Gasteiger partial charge in [0.15, 0.2) is 5.69 Å². The van der Waals surface area contributed by atoms with E-state index in [2.05, 4.69) is 5.10 Å². The molecule has 3 aliphatic heterocycles. The fourth-order valence-electron chi connectivity index (χ4n) is 3.44. The lowest BCUT2D eigenvalue weighted by Gasteiger charge is -2.35. The lowest BCUT2D eigenvalue weighted by molar-refractivity contribution is -0.142. The number of hydrogen-bond donors (Lipinski definition) is 0. The summed E-state index contributed by atoms with van der Waals surface area (Å²) in [6, 6.07) is 1.71. The summed E-state index contributed by atoms with van der Waals surface area (Å²) in [6.07, 6.45) is 2.37. The first-order valence-corrected chi connectivity index (χ1v) is 8.63. The molecule has 0 unspecified atom stereocenters. The maximum atomic E-state index is 12.6. The second-order valence-electron chi connectivity index (χ2n) is 6.41. The molecule has 24 heavy (non-hydrogen) atoms. The van der Waals surface area contributed by atoms with Crippen LogP contribution in [-0.2, 0) is 16.1 Å². The summed E-state index contributed by atoms with van der Waals surface area (Å²) in [7, 11) is 0. The van der Waals surface area contributed by atoms with Crippen LogP contribution in [0.3, 0.4) is 0 Å². The van der Waals surface area contributed by atoms with Crippen molar-refractivity contribution in [2.45, 2.75) is 31.9 Å². The number of nitrogens with zero attached hydrogens (tertiary/aromatic N) is 4. The average Bonchev–Trinajstić information content (AvgIpc) is 3.30. The van der Waals surface area contributed by atoms with Gasteiger partial charge in [-0.05, 0) is 12.8 Å². The number of carbonyl (C=O) groups is 2. The fourth-order valence-corrected chi connectivity index (χ4v) is 3.44. The van der Waals surface area contributed by atoms with Crippen molar-refractivity contribution in [2.75, 3.05) is 39.4 Å². The molecule has 0 N–H and O–H groups in total. The molecule has 8 nitrogen and oxygen atoms in total. The molecule has 4 heterocycles. The van der Waals surface area contributed by atoms with Crippen molar-refractivity contribution in [2.24, 2.45) is 0 Å². The Morgan fingerprint density at radius 2 is 1.83 bits per heavy atom. The molecule has 0 aliphatic carbocycles. The number of hydrogen-bond acceptors (Lipinski definition) is 5. The third kappa shape index (κ3) is 2.86. The SMILES string of the molecule is O=C(c1cc2n(n1)CCCO2)N1CCN(C(=O)[C@@H]2CCCO2)CC1. The lowest BCUT2D eigenvalue weighted by Crippen LogP contribution is -2.52. The van der Waals surface area contributed by atoms with E-state index in [1.807, 2.05) is 0 Å². The van der Waals surface area contributed by atoms with Gasteiger partial charge in [0.25, 0.3) is 11.8 Å². The second-order valence-corrected chi connectivity index (χ2v) is 6.41. The molecule has 0 radical (unpaired) electrons. The standard InChI is InChI=1S/C16H22N4O4/c21-15(12-11-14-20(17-12)4-2-10-24-14)18-5-7-19(8-6-18)16(22)13-3-1-9-23-13/h11,13H,1-10H2/t13-/m0/s1. The van der Waals surface area contributed by atoms with Crippen LogP contribution in [0.5, 0.6) is 5.88 Å². The summed E-state index contributed by atoms with van der Waals surface area (Å²) < 4.78 is 12.7. The number of amides is 2. The van der Waals surface area contributed by atoms with Gasteiger partial charge in [0.2, 0.25) is 5.88 Å². The van der Waals surface area contributed by atoms with Crippen LogP contribution in [0.1, 0.15) is 29.8 Å². The minimum Gasteiger partial charge on any atom is -0.478 e. The predicted octanol–water partition coefficient (Wildman–Crippen LogP) is 0.129. The molecule has 2 fully saturated rings. The maximum absolute atomic E-state index is 12.6. The number of fused-ring (bicyclic) bond motifs is 1. The van der Waals surface area contributed by atoms with Crippen molar-refractivity contribution in [3.05, 3.63) is 11.8 Å². The van der Waals surface area contributed by atoms with Crippen molar-refractivity contribution < 1.29 is 19.1 Å². The van der Waals surface area contributed by atoms with Gasteiger partial charge in [-0.2, -0.15) is 5.10 Å². The number of rotatable bonds is 2. The summed E-state index contributed by atoms with van der Waals surface area (Å²) >= 11 is 0. The molecular weight excluding hydrogens is 312 g/mol.